The SMILES string of the molecule is Fc1cc(Cl)cc2c1CN1CCCC1=N2. The van der Waals surface area contributed by atoms with Gasteiger partial charge in [-0.05, 0) is 18.6 Å². The van der Waals surface area contributed by atoms with Gasteiger partial charge in [-0.2, -0.15) is 0 Å². The highest BCUT2D eigenvalue weighted by atomic mass is 35.5. The minimum absolute atomic E-state index is 0.243. The standard InChI is InChI=1S/C11H10ClFN2/c12-7-4-9(13)8-6-15-3-1-2-11(15)14-10(8)5-7/h4-5H,1-3,6H2. The molecule has 0 amide bonds. The summed E-state index contributed by atoms with van der Waals surface area (Å²) in [5.41, 5.74) is 1.37. The maximum atomic E-state index is 13.6. The van der Waals surface area contributed by atoms with E-state index < -0.39 is 0 Å². The predicted octanol–water partition coefficient (Wildman–Crippen LogP) is 3.12. The normalized spacial score (nSPS) is 18.5. The van der Waals surface area contributed by atoms with Gasteiger partial charge >= 0.3 is 0 Å². The number of hydrogen-bond acceptors (Lipinski definition) is 2. The Morgan fingerprint density at radius 1 is 1.40 bits per heavy atom. The number of hydrogen-bond donors (Lipinski definition) is 0. The summed E-state index contributed by atoms with van der Waals surface area (Å²) in [5, 5.41) is 0.419. The van der Waals surface area contributed by atoms with Crippen LogP contribution < -0.4 is 0 Å². The molecular weight excluding hydrogens is 215 g/mol. The van der Waals surface area contributed by atoms with Crippen molar-refractivity contribution >= 4 is 23.1 Å². The molecule has 1 saturated heterocycles. The van der Waals surface area contributed by atoms with Crippen molar-refractivity contribution in [2.45, 2.75) is 19.4 Å². The van der Waals surface area contributed by atoms with Crippen molar-refractivity contribution in [3.63, 3.8) is 0 Å². The first-order valence-electron chi connectivity index (χ1n) is 5.04. The molecule has 2 aliphatic heterocycles. The minimum atomic E-state index is -0.243. The highest BCUT2D eigenvalue weighted by molar-refractivity contribution is 6.30. The van der Waals surface area contributed by atoms with Gasteiger partial charge in [0.2, 0.25) is 0 Å². The van der Waals surface area contributed by atoms with Crippen molar-refractivity contribution in [2.24, 2.45) is 4.99 Å². The van der Waals surface area contributed by atoms with Gasteiger partial charge in [-0.25, -0.2) is 9.38 Å². The van der Waals surface area contributed by atoms with Crippen LogP contribution in [-0.4, -0.2) is 17.3 Å². The second kappa shape index (κ2) is 3.20. The second-order valence-electron chi connectivity index (χ2n) is 3.94. The number of aliphatic imine (C=N–C) groups is 1. The second-order valence-corrected chi connectivity index (χ2v) is 4.37. The first-order valence-corrected chi connectivity index (χ1v) is 5.42. The van der Waals surface area contributed by atoms with Gasteiger partial charge in [0, 0.05) is 30.1 Å². The van der Waals surface area contributed by atoms with E-state index in [1.807, 2.05) is 0 Å². The molecule has 2 heterocycles. The zero-order chi connectivity index (χ0) is 10.4. The lowest BCUT2D eigenvalue weighted by atomic mass is 10.1. The third-order valence-corrected chi connectivity index (χ3v) is 3.15. The van der Waals surface area contributed by atoms with Crippen molar-refractivity contribution in [1.29, 1.82) is 0 Å². The highest BCUT2D eigenvalue weighted by Gasteiger charge is 2.25. The van der Waals surface area contributed by atoms with Crippen molar-refractivity contribution in [2.75, 3.05) is 6.54 Å². The molecular formula is C11H10ClFN2. The molecule has 1 fully saturated rings. The van der Waals surface area contributed by atoms with Gasteiger partial charge in [-0.15, -0.1) is 0 Å². The summed E-state index contributed by atoms with van der Waals surface area (Å²) in [6.07, 6.45) is 2.11. The average molecular weight is 225 g/mol. The monoisotopic (exact) mass is 224 g/mol. The van der Waals surface area contributed by atoms with Crippen LogP contribution in [0.2, 0.25) is 5.02 Å². The van der Waals surface area contributed by atoms with E-state index in [1.165, 1.54) is 6.07 Å². The molecule has 0 radical (unpaired) electrons. The van der Waals surface area contributed by atoms with Crippen LogP contribution in [0.5, 0.6) is 0 Å². The fourth-order valence-corrected chi connectivity index (χ4v) is 2.39. The quantitative estimate of drug-likeness (QED) is 0.661. The molecule has 0 atom stereocenters. The maximum absolute atomic E-state index is 13.6. The van der Waals surface area contributed by atoms with Gasteiger partial charge in [0.15, 0.2) is 0 Å². The lowest BCUT2D eigenvalue weighted by Crippen LogP contribution is -2.27. The van der Waals surface area contributed by atoms with Crippen LogP contribution in [-0.2, 0) is 6.54 Å². The predicted molar refractivity (Wildman–Crippen MR) is 58.1 cm³/mol. The van der Waals surface area contributed by atoms with E-state index >= 15 is 0 Å². The van der Waals surface area contributed by atoms with Crippen molar-refractivity contribution in [1.82, 2.24) is 4.90 Å². The largest absolute Gasteiger partial charge is 0.356 e. The first kappa shape index (κ1) is 9.16. The summed E-state index contributed by atoms with van der Waals surface area (Å²) in [5.74, 6) is 0.830. The zero-order valence-electron chi connectivity index (χ0n) is 8.13. The van der Waals surface area contributed by atoms with Crippen LogP contribution in [0.1, 0.15) is 18.4 Å². The summed E-state index contributed by atoms with van der Waals surface area (Å²) < 4.78 is 13.6. The highest BCUT2D eigenvalue weighted by Crippen LogP contribution is 2.34. The molecule has 1 aromatic rings. The smallest absolute Gasteiger partial charge is 0.131 e. The molecule has 0 unspecified atom stereocenters. The molecule has 2 aliphatic rings. The van der Waals surface area contributed by atoms with Crippen LogP contribution in [0.4, 0.5) is 10.1 Å². The zero-order valence-corrected chi connectivity index (χ0v) is 8.89. The molecule has 4 heteroatoms. The lowest BCUT2D eigenvalue weighted by molar-refractivity contribution is 0.430. The Labute approximate surface area is 92.4 Å². The molecule has 0 aliphatic carbocycles. The molecule has 78 valence electrons. The Morgan fingerprint density at radius 2 is 2.27 bits per heavy atom. The number of rotatable bonds is 0. The van der Waals surface area contributed by atoms with Crippen LogP contribution in [0.3, 0.4) is 0 Å². The summed E-state index contributed by atoms with van der Waals surface area (Å²) in [6, 6.07) is 3.10. The third kappa shape index (κ3) is 1.42. The van der Waals surface area contributed by atoms with Gasteiger partial charge in [-0.3, -0.25) is 0 Å². The Morgan fingerprint density at radius 3 is 3.13 bits per heavy atom. The van der Waals surface area contributed by atoms with E-state index in [9.17, 15) is 4.39 Å². The van der Waals surface area contributed by atoms with Crippen molar-refractivity contribution < 1.29 is 4.39 Å². The fraction of sp³-hybridized carbons (Fsp3) is 0.364. The molecule has 0 N–H and O–H groups in total. The van der Waals surface area contributed by atoms with E-state index in [4.69, 9.17) is 11.6 Å². The van der Waals surface area contributed by atoms with Crippen molar-refractivity contribution in [3.8, 4) is 0 Å². The molecule has 1 aromatic carbocycles. The van der Waals surface area contributed by atoms with Crippen LogP contribution >= 0.6 is 11.6 Å². The van der Waals surface area contributed by atoms with E-state index in [0.717, 1.165) is 25.2 Å². The number of halogens is 2. The molecule has 0 saturated carbocycles. The minimum Gasteiger partial charge on any atom is -0.356 e. The number of benzene rings is 1. The van der Waals surface area contributed by atoms with Gasteiger partial charge in [0.1, 0.15) is 11.7 Å². The molecule has 2 nitrogen and oxygen atoms in total. The summed E-state index contributed by atoms with van der Waals surface area (Å²) >= 11 is 5.80. The number of amidine groups is 1. The fourth-order valence-electron chi connectivity index (χ4n) is 2.19. The van der Waals surface area contributed by atoms with Crippen LogP contribution in [0, 0.1) is 5.82 Å². The molecule has 0 aromatic heterocycles. The summed E-state index contributed by atoms with van der Waals surface area (Å²) in [4.78, 5) is 6.59. The molecule has 15 heavy (non-hydrogen) atoms. The van der Waals surface area contributed by atoms with E-state index in [2.05, 4.69) is 9.89 Å². The average Bonchev–Trinajstić information content (AvgIpc) is 2.61. The van der Waals surface area contributed by atoms with Crippen molar-refractivity contribution in [3.05, 3.63) is 28.5 Å². The van der Waals surface area contributed by atoms with Gasteiger partial charge in [0.05, 0.1) is 5.69 Å². The van der Waals surface area contributed by atoms with Crippen LogP contribution in [0.15, 0.2) is 17.1 Å². The van der Waals surface area contributed by atoms with Gasteiger partial charge in [0.25, 0.3) is 0 Å². The lowest BCUT2D eigenvalue weighted by Gasteiger charge is -2.25. The Balaban J connectivity index is 2.15. The number of fused-ring (bicyclic) bond motifs is 2. The van der Waals surface area contributed by atoms with Gasteiger partial charge in [-0.1, -0.05) is 11.6 Å². The van der Waals surface area contributed by atoms with E-state index in [-0.39, 0.29) is 5.82 Å². The van der Waals surface area contributed by atoms with Crippen LogP contribution in [0.25, 0.3) is 0 Å². The summed E-state index contributed by atoms with van der Waals surface area (Å²) in [7, 11) is 0. The number of nitrogens with zero attached hydrogens (tertiary/aromatic N) is 2. The third-order valence-electron chi connectivity index (χ3n) is 2.93. The first-order chi connectivity index (χ1) is 7.24. The molecule has 0 bridgehead atoms. The Hall–Kier alpha value is -1.09. The molecule has 3 rings (SSSR count). The maximum Gasteiger partial charge on any atom is 0.131 e. The van der Waals surface area contributed by atoms with Gasteiger partial charge < -0.3 is 4.90 Å². The van der Waals surface area contributed by atoms with E-state index in [1.54, 1.807) is 6.07 Å². The summed E-state index contributed by atoms with van der Waals surface area (Å²) in [6.45, 7) is 1.62. The Bertz CT molecular complexity index is 456. The Kier molecular flexibility index (Phi) is 1.96. The van der Waals surface area contributed by atoms with E-state index in [0.29, 0.717) is 22.8 Å². The molecule has 0 spiro atoms. The topological polar surface area (TPSA) is 15.6 Å².